The van der Waals surface area contributed by atoms with E-state index < -0.39 is 0 Å². The van der Waals surface area contributed by atoms with E-state index in [-0.39, 0.29) is 0 Å². The van der Waals surface area contributed by atoms with Gasteiger partial charge >= 0.3 is 0 Å². The molecule has 0 spiro atoms. The lowest BCUT2D eigenvalue weighted by Crippen LogP contribution is -1.98. The van der Waals surface area contributed by atoms with Crippen LogP contribution in [-0.2, 0) is 6.42 Å². The topological polar surface area (TPSA) is 0 Å². The van der Waals surface area contributed by atoms with Crippen LogP contribution in [0, 0.1) is 19.3 Å². The Morgan fingerprint density at radius 1 is 1.13 bits per heavy atom. The van der Waals surface area contributed by atoms with Gasteiger partial charge in [-0.05, 0) is 36.8 Å². The van der Waals surface area contributed by atoms with Crippen LogP contribution in [0.15, 0.2) is 48.1 Å². The summed E-state index contributed by atoms with van der Waals surface area (Å²) in [5, 5.41) is 0. The lowest BCUT2D eigenvalue weighted by Gasteiger charge is -2.12. The van der Waals surface area contributed by atoms with Crippen molar-refractivity contribution in [2.75, 3.05) is 0 Å². The molecule has 0 aromatic heterocycles. The standard InChI is InChI=1S/C15H17/c1-12-6-8-14(9-7-12)11-15-5-3-4-13(2)10-15/h3-10,13H,11H2,1-2H3. The van der Waals surface area contributed by atoms with Crippen molar-refractivity contribution in [1.29, 1.82) is 0 Å². The summed E-state index contributed by atoms with van der Waals surface area (Å²) in [4.78, 5) is 0. The molecule has 1 atom stereocenters. The van der Waals surface area contributed by atoms with Gasteiger partial charge in [-0.25, -0.2) is 0 Å². The third-order valence-electron chi connectivity index (χ3n) is 2.73. The number of hydrogen-bond acceptors (Lipinski definition) is 0. The molecule has 15 heavy (non-hydrogen) atoms. The first kappa shape index (κ1) is 10.2. The molecule has 1 unspecified atom stereocenters. The zero-order valence-corrected chi connectivity index (χ0v) is 9.40. The van der Waals surface area contributed by atoms with Crippen molar-refractivity contribution in [2.45, 2.75) is 20.3 Å². The van der Waals surface area contributed by atoms with Gasteiger partial charge in [0.05, 0.1) is 0 Å². The molecule has 0 saturated carbocycles. The maximum absolute atomic E-state index is 2.33. The van der Waals surface area contributed by atoms with Crippen molar-refractivity contribution in [2.24, 2.45) is 5.92 Å². The molecule has 0 aliphatic heterocycles. The predicted molar refractivity (Wildman–Crippen MR) is 65.6 cm³/mol. The van der Waals surface area contributed by atoms with E-state index in [9.17, 15) is 0 Å². The maximum Gasteiger partial charge on any atom is -0.00289 e. The molecule has 2 rings (SSSR count). The van der Waals surface area contributed by atoms with Gasteiger partial charge in [0.15, 0.2) is 0 Å². The molecule has 0 heteroatoms. The second-order valence-electron chi connectivity index (χ2n) is 4.31. The summed E-state index contributed by atoms with van der Waals surface area (Å²) in [6.45, 7) is 4.35. The second-order valence-corrected chi connectivity index (χ2v) is 4.31. The van der Waals surface area contributed by atoms with Gasteiger partial charge in [0.25, 0.3) is 0 Å². The smallest absolute Gasteiger partial charge is 0.00289 e. The monoisotopic (exact) mass is 197 g/mol. The Morgan fingerprint density at radius 2 is 1.87 bits per heavy atom. The number of aryl methyl sites for hydroxylation is 1. The van der Waals surface area contributed by atoms with Gasteiger partial charge < -0.3 is 0 Å². The van der Waals surface area contributed by atoms with E-state index >= 15 is 0 Å². The number of allylic oxidation sites excluding steroid dienone is 4. The van der Waals surface area contributed by atoms with Crippen molar-refractivity contribution < 1.29 is 0 Å². The van der Waals surface area contributed by atoms with Gasteiger partial charge in [0.1, 0.15) is 0 Å². The third kappa shape index (κ3) is 2.82. The van der Waals surface area contributed by atoms with Crippen molar-refractivity contribution in [3.8, 4) is 0 Å². The quantitative estimate of drug-likeness (QED) is 0.675. The molecule has 1 aromatic carbocycles. The van der Waals surface area contributed by atoms with Gasteiger partial charge in [-0.15, -0.1) is 0 Å². The minimum absolute atomic E-state index is 0.579. The highest BCUT2D eigenvalue weighted by Gasteiger charge is 2.04. The fourth-order valence-corrected chi connectivity index (χ4v) is 1.86. The van der Waals surface area contributed by atoms with Gasteiger partial charge in [0, 0.05) is 0 Å². The Balaban J connectivity index is 2.09. The average Bonchev–Trinajstić information content (AvgIpc) is 2.22. The molecule has 0 N–H and O–H groups in total. The van der Waals surface area contributed by atoms with E-state index in [1.165, 1.54) is 16.7 Å². The molecule has 0 saturated heterocycles. The van der Waals surface area contributed by atoms with E-state index in [1.54, 1.807) is 0 Å². The van der Waals surface area contributed by atoms with E-state index in [4.69, 9.17) is 0 Å². The molecular formula is C15H17. The third-order valence-corrected chi connectivity index (χ3v) is 2.73. The lowest BCUT2D eigenvalue weighted by atomic mass is 9.94. The predicted octanol–water partition coefficient (Wildman–Crippen LogP) is 3.87. The van der Waals surface area contributed by atoms with Gasteiger partial charge in [0.2, 0.25) is 0 Å². The molecule has 0 nitrogen and oxygen atoms in total. The Labute approximate surface area is 92.3 Å². The molecule has 1 aliphatic carbocycles. The molecule has 0 heterocycles. The highest BCUT2D eigenvalue weighted by atomic mass is 14.1. The Bertz CT molecular complexity index is 379. The van der Waals surface area contributed by atoms with Crippen molar-refractivity contribution in [1.82, 2.24) is 0 Å². The fourth-order valence-electron chi connectivity index (χ4n) is 1.86. The molecule has 77 valence electrons. The first-order valence-electron chi connectivity index (χ1n) is 5.52. The highest BCUT2D eigenvalue weighted by molar-refractivity contribution is 5.34. The van der Waals surface area contributed by atoms with Crippen LogP contribution in [0.3, 0.4) is 0 Å². The van der Waals surface area contributed by atoms with Crippen LogP contribution >= 0.6 is 0 Å². The first-order valence-corrected chi connectivity index (χ1v) is 5.52. The molecule has 1 aliphatic rings. The number of hydrogen-bond donors (Lipinski definition) is 0. The lowest BCUT2D eigenvalue weighted by molar-refractivity contribution is 0.858. The van der Waals surface area contributed by atoms with Crippen molar-refractivity contribution >= 4 is 0 Å². The van der Waals surface area contributed by atoms with Crippen LogP contribution < -0.4 is 0 Å². The second kappa shape index (κ2) is 4.48. The van der Waals surface area contributed by atoms with Crippen LogP contribution in [-0.4, -0.2) is 0 Å². The molecule has 1 radical (unpaired) electrons. The Hall–Kier alpha value is -1.30. The Kier molecular flexibility index (Phi) is 3.05. The SMILES string of the molecule is Cc1ccc(CC2=CC(C)[CH]C=C2)cc1. The molecule has 1 aromatic rings. The molecule has 0 fully saturated rings. The minimum atomic E-state index is 0.579. The summed E-state index contributed by atoms with van der Waals surface area (Å²) in [7, 11) is 0. The minimum Gasteiger partial charge on any atom is -0.0800 e. The summed E-state index contributed by atoms with van der Waals surface area (Å²) in [6.07, 6.45) is 9.97. The van der Waals surface area contributed by atoms with E-state index in [0.717, 1.165) is 6.42 Å². The summed E-state index contributed by atoms with van der Waals surface area (Å²) in [5.74, 6) is 0.579. The fraction of sp³-hybridized carbons (Fsp3) is 0.267. The number of rotatable bonds is 2. The van der Waals surface area contributed by atoms with Crippen LogP contribution in [0.25, 0.3) is 0 Å². The Morgan fingerprint density at radius 3 is 2.53 bits per heavy atom. The van der Waals surface area contributed by atoms with Gasteiger partial charge in [-0.1, -0.05) is 55.0 Å². The summed E-state index contributed by atoms with van der Waals surface area (Å²) in [6, 6.07) is 8.79. The molecular weight excluding hydrogens is 180 g/mol. The van der Waals surface area contributed by atoms with E-state index in [1.807, 2.05) is 0 Å². The average molecular weight is 197 g/mol. The highest BCUT2D eigenvalue weighted by Crippen LogP contribution is 2.18. The van der Waals surface area contributed by atoms with Crippen LogP contribution in [0.5, 0.6) is 0 Å². The van der Waals surface area contributed by atoms with Crippen LogP contribution in [0.4, 0.5) is 0 Å². The van der Waals surface area contributed by atoms with Gasteiger partial charge in [-0.3, -0.25) is 0 Å². The number of benzene rings is 1. The summed E-state index contributed by atoms with van der Waals surface area (Å²) in [5.41, 5.74) is 4.15. The zero-order valence-electron chi connectivity index (χ0n) is 9.40. The zero-order chi connectivity index (χ0) is 10.7. The first-order chi connectivity index (χ1) is 7.24. The summed E-state index contributed by atoms with van der Waals surface area (Å²) < 4.78 is 0. The van der Waals surface area contributed by atoms with Crippen molar-refractivity contribution in [3.05, 3.63) is 65.6 Å². The molecule has 0 bridgehead atoms. The van der Waals surface area contributed by atoms with Gasteiger partial charge in [-0.2, -0.15) is 0 Å². The molecule has 0 amide bonds. The van der Waals surface area contributed by atoms with E-state index in [2.05, 4.69) is 62.8 Å². The largest absolute Gasteiger partial charge is 0.0800 e. The summed E-state index contributed by atoms with van der Waals surface area (Å²) >= 11 is 0. The van der Waals surface area contributed by atoms with Crippen LogP contribution in [0.2, 0.25) is 0 Å². The normalized spacial score (nSPS) is 20.1. The van der Waals surface area contributed by atoms with E-state index in [0.29, 0.717) is 5.92 Å². The van der Waals surface area contributed by atoms with Crippen molar-refractivity contribution in [3.63, 3.8) is 0 Å². The van der Waals surface area contributed by atoms with Crippen LogP contribution in [0.1, 0.15) is 18.1 Å². The maximum atomic E-state index is 2.33.